The van der Waals surface area contributed by atoms with E-state index in [0.29, 0.717) is 26.3 Å². The van der Waals surface area contributed by atoms with E-state index in [1.54, 1.807) is 0 Å². The fraction of sp³-hybridized carbons (Fsp3) is 0.654. The van der Waals surface area contributed by atoms with Gasteiger partial charge in [-0.3, -0.25) is 4.79 Å². The van der Waals surface area contributed by atoms with Gasteiger partial charge in [0.2, 0.25) is 0 Å². The molecule has 30 heavy (non-hydrogen) atoms. The van der Waals surface area contributed by atoms with Gasteiger partial charge in [0.1, 0.15) is 0 Å². The monoisotopic (exact) mass is 408 g/mol. The molecule has 4 heteroatoms. The van der Waals surface area contributed by atoms with E-state index in [0.717, 1.165) is 35.2 Å². The Labute approximate surface area is 180 Å². The van der Waals surface area contributed by atoms with Crippen LogP contribution in [0.15, 0.2) is 30.5 Å². The van der Waals surface area contributed by atoms with Gasteiger partial charge in [-0.15, -0.1) is 0 Å². The molecule has 5 rings (SSSR count). The van der Waals surface area contributed by atoms with Crippen molar-refractivity contribution in [3.05, 3.63) is 36.0 Å². The highest BCUT2D eigenvalue weighted by molar-refractivity contribution is 6.07. The maximum Gasteiger partial charge on any atom is 0.256 e. The number of ether oxygens (including phenoxy) is 1. The summed E-state index contributed by atoms with van der Waals surface area (Å²) in [6, 6.07) is 8.44. The smallest absolute Gasteiger partial charge is 0.256 e. The molecule has 1 aliphatic heterocycles. The zero-order valence-corrected chi connectivity index (χ0v) is 18.2. The van der Waals surface area contributed by atoms with E-state index in [2.05, 4.69) is 35.0 Å². The second-order valence-corrected chi connectivity index (χ2v) is 9.80. The van der Waals surface area contributed by atoms with Crippen LogP contribution >= 0.6 is 0 Å². The maximum absolute atomic E-state index is 13.2. The van der Waals surface area contributed by atoms with Gasteiger partial charge in [-0.25, -0.2) is 0 Å². The first kappa shape index (κ1) is 20.1. The molecule has 0 atom stereocenters. The van der Waals surface area contributed by atoms with E-state index in [9.17, 15) is 4.79 Å². The second-order valence-electron chi connectivity index (χ2n) is 9.80. The Morgan fingerprint density at radius 2 is 1.60 bits per heavy atom. The molecule has 4 nitrogen and oxygen atoms in total. The molecule has 1 saturated heterocycles. The number of nitrogens with zero attached hydrogens (tertiary/aromatic N) is 2. The van der Waals surface area contributed by atoms with Crippen LogP contribution in [0, 0.1) is 17.8 Å². The van der Waals surface area contributed by atoms with Crippen molar-refractivity contribution in [3.63, 3.8) is 0 Å². The van der Waals surface area contributed by atoms with Crippen LogP contribution in [0.3, 0.4) is 0 Å². The summed E-state index contributed by atoms with van der Waals surface area (Å²) in [6.45, 7) is 3.74. The lowest BCUT2D eigenvalue weighted by molar-refractivity contribution is 0.0304. The van der Waals surface area contributed by atoms with Gasteiger partial charge in [0, 0.05) is 36.7 Å². The van der Waals surface area contributed by atoms with Crippen LogP contribution < -0.4 is 0 Å². The van der Waals surface area contributed by atoms with Gasteiger partial charge in [0.05, 0.1) is 18.8 Å². The van der Waals surface area contributed by atoms with Crippen molar-refractivity contribution >= 4 is 16.8 Å². The Morgan fingerprint density at radius 3 is 2.37 bits per heavy atom. The lowest BCUT2D eigenvalue weighted by Gasteiger charge is -2.36. The molecule has 2 heterocycles. The minimum absolute atomic E-state index is 0.161. The minimum atomic E-state index is 0.161. The summed E-state index contributed by atoms with van der Waals surface area (Å²) in [5, 5.41) is 1.10. The Bertz CT molecular complexity index is 853. The molecule has 2 aromatic rings. The lowest BCUT2D eigenvalue weighted by atomic mass is 9.71. The Hall–Kier alpha value is -1.81. The number of hydrogen-bond donors (Lipinski definition) is 0. The second kappa shape index (κ2) is 9.13. The summed E-state index contributed by atoms with van der Waals surface area (Å²) in [5.41, 5.74) is 2.08. The van der Waals surface area contributed by atoms with E-state index in [-0.39, 0.29) is 5.91 Å². The maximum atomic E-state index is 13.2. The number of aromatic nitrogens is 1. The number of carbonyl (C=O) groups excluding carboxylic acids is 1. The molecule has 0 unspecified atom stereocenters. The van der Waals surface area contributed by atoms with E-state index >= 15 is 0 Å². The van der Waals surface area contributed by atoms with Crippen molar-refractivity contribution in [2.45, 2.75) is 64.3 Å². The number of benzene rings is 1. The number of para-hydroxylation sites is 1. The largest absolute Gasteiger partial charge is 0.378 e. The van der Waals surface area contributed by atoms with E-state index in [4.69, 9.17) is 4.74 Å². The molecule has 1 amide bonds. The SMILES string of the molecule is O=C(c1cn(CC2CCC(C3CCCCC3)CC2)c2ccccc12)N1CCOCC1. The van der Waals surface area contributed by atoms with Crippen molar-refractivity contribution < 1.29 is 9.53 Å². The van der Waals surface area contributed by atoms with Gasteiger partial charge < -0.3 is 14.2 Å². The molecule has 1 aromatic heterocycles. The zero-order chi connectivity index (χ0) is 20.3. The quantitative estimate of drug-likeness (QED) is 0.669. The number of hydrogen-bond acceptors (Lipinski definition) is 2. The van der Waals surface area contributed by atoms with Crippen LogP contribution in [0.4, 0.5) is 0 Å². The Balaban J connectivity index is 1.28. The van der Waals surface area contributed by atoms with Crippen LogP contribution in [-0.2, 0) is 11.3 Å². The van der Waals surface area contributed by atoms with Gasteiger partial charge in [-0.2, -0.15) is 0 Å². The van der Waals surface area contributed by atoms with E-state index in [1.165, 1.54) is 63.3 Å². The zero-order valence-electron chi connectivity index (χ0n) is 18.2. The first-order chi connectivity index (χ1) is 14.8. The Kier molecular flexibility index (Phi) is 6.12. The van der Waals surface area contributed by atoms with E-state index < -0.39 is 0 Å². The average molecular weight is 409 g/mol. The third-order valence-corrected chi connectivity index (χ3v) is 7.98. The predicted octanol–water partition coefficient (Wildman–Crippen LogP) is 5.50. The summed E-state index contributed by atoms with van der Waals surface area (Å²) in [4.78, 5) is 15.1. The molecule has 3 fully saturated rings. The van der Waals surface area contributed by atoms with Crippen LogP contribution in [0.2, 0.25) is 0 Å². The third-order valence-electron chi connectivity index (χ3n) is 7.98. The van der Waals surface area contributed by atoms with Crippen LogP contribution in [0.5, 0.6) is 0 Å². The van der Waals surface area contributed by atoms with Crippen molar-refractivity contribution in [1.82, 2.24) is 9.47 Å². The topological polar surface area (TPSA) is 34.5 Å². The summed E-state index contributed by atoms with van der Waals surface area (Å²) < 4.78 is 7.80. The normalized spacial score (nSPS) is 26.2. The standard InChI is InChI=1S/C26H36N2O2/c29-26(27-14-16-30-17-15-27)24-19-28(25-9-5-4-8-23(24)25)18-20-10-12-22(13-11-20)21-6-2-1-3-7-21/h4-5,8-9,19-22H,1-3,6-7,10-18H2. The molecule has 2 saturated carbocycles. The Morgan fingerprint density at radius 1 is 0.900 bits per heavy atom. The first-order valence-corrected chi connectivity index (χ1v) is 12.2. The summed E-state index contributed by atoms with van der Waals surface area (Å²) in [6.07, 6.45) is 15.0. The first-order valence-electron chi connectivity index (χ1n) is 12.2. The highest BCUT2D eigenvalue weighted by Gasteiger charge is 2.29. The van der Waals surface area contributed by atoms with E-state index in [1.807, 2.05) is 4.90 Å². The summed E-state index contributed by atoms with van der Waals surface area (Å²) in [7, 11) is 0. The lowest BCUT2D eigenvalue weighted by Crippen LogP contribution is -2.40. The van der Waals surface area contributed by atoms with Gasteiger partial charge >= 0.3 is 0 Å². The average Bonchev–Trinajstić information content (AvgIpc) is 3.19. The number of morpholine rings is 1. The van der Waals surface area contributed by atoms with Gasteiger partial charge in [-0.1, -0.05) is 50.3 Å². The van der Waals surface area contributed by atoms with Crippen LogP contribution in [-0.4, -0.2) is 41.7 Å². The van der Waals surface area contributed by atoms with Crippen molar-refractivity contribution in [1.29, 1.82) is 0 Å². The number of carbonyl (C=O) groups is 1. The molecule has 1 aromatic carbocycles. The molecule has 2 aliphatic carbocycles. The molecule has 3 aliphatic rings. The molecule has 0 bridgehead atoms. The van der Waals surface area contributed by atoms with Crippen molar-refractivity contribution in [3.8, 4) is 0 Å². The molecule has 0 radical (unpaired) electrons. The van der Waals surface area contributed by atoms with Gasteiger partial charge in [0.25, 0.3) is 5.91 Å². The molecule has 0 spiro atoms. The number of fused-ring (bicyclic) bond motifs is 1. The molecular formula is C26H36N2O2. The van der Waals surface area contributed by atoms with Gasteiger partial charge in [0.15, 0.2) is 0 Å². The highest BCUT2D eigenvalue weighted by Crippen LogP contribution is 2.40. The van der Waals surface area contributed by atoms with Crippen LogP contribution in [0.25, 0.3) is 10.9 Å². The molecular weight excluding hydrogens is 372 g/mol. The highest BCUT2D eigenvalue weighted by atomic mass is 16.5. The summed E-state index contributed by atoms with van der Waals surface area (Å²) in [5.74, 6) is 2.88. The third kappa shape index (κ3) is 4.16. The number of rotatable bonds is 4. The summed E-state index contributed by atoms with van der Waals surface area (Å²) >= 11 is 0. The van der Waals surface area contributed by atoms with Crippen molar-refractivity contribution in [2.24, 2.45) is 17.8 Å². The number of amides is 1. The fourth-order valence-corrected chi connectivity index (χ4v) is 6.23. The molecule has 162 valence electrons. The van der Waals surface area contributed by atoms with Gasteiger partial charge in [-0.05, 0) is 49.5 Å². The van der Waals surface area contributed by atoms with Crippen LogP contribution in [0.1, 0.15) is 68.1 Å². The minimum Gasteiger partial charge on any atom is -0.378 e. The fourth-order valence-electron chi connectivity index (χ4n) is 6.23. The van der Waals surface area contributed by atoms with Crippen molar-refractivity contribution in [2.75, 3.05) is 26.3 Å². The molecule has 0 N–H and O–H groups in total. The predicted molar refractivity (Wildman–Crippen MR) is 121 cm³/mol.